The quantitative estimate of drug-likeness (QED) is 0.196. The average molecular weight is 532 g/mol. The van der Waals surface area contributed by atoms with Gasteiger partial charge in [0.1, 0.15) is 59.0 Å². The zero-order valence-corrected chi connectivity index (χ0v) is 17.2. The first-order chi connectivity index (χ1) is 14.0. The molecule has 0 aromatic rings. The first-order valence-corrected chi connectivity index (χ1v) is 10.7. The minimum Gasteiger partial charge on any atom is -0.387 e. The number of aliphatic hydroxyl groups excluding tert-OH is 3. The van der Waals surface area contributed by atoms with E-state index in [1.54, 1.807) is 0 Å². The van der Waals surface area contributed by atoms with Gasteiger partial charge in [-0.25, -0.2) is 0 Å². The Morgan fingerprint density at radius 2 is 1.07 bits per heavy atom. The van der Waals surface area contributed by atoms with E-state index in [0.29, 0.717) is 0 Å². The van der Waals surface area contributed by atoms with Crippen LogP contribution < -0.4 is 0 Å². The molecule has 0 aromatic carbocycles. The summed E-state index contributed by atoms with van der Waals surface area (Å²) in [6.45, 7) is 0. The number of alkyl halides is 1. The molecule has 0 spiro atoms. The fourth-order valence-electron chi connectivity index (χ4n) is 4.11. The number of epoxide rings is 3. The summed E-state index contributed by atoms with van der Waals surface area (Å²) in [5, 5.41) is 31.5. The van der Waals surface area contributed by atoms with Gasteiger partial charge in [0.05, 0.1) is 0 Å². The molecule has 0 aliphatic carbocycles. The van der Waals surface area contributed by atoms with Crippen molar-refractivity contribution in [1.29, 1.82) is 0 Å². The van der Waals surface area contributed by atoms with Crippen molar-refractivity contribution in [2.45, 2.75) is 90.5 Å². The Labute approximate surface area is 178 Å². The molecule has 15 atom stereocenters. The third-order valence-corrected chi connectivity index (χ3v) is 6.92. The maximum Gasteiger partial charge on any atom is 0.190 e. The maximum atomic E-state index is 10.7. The monoisotopic (exact) mass is 532 g/mol. The normalized spacial score (nSPS) is 62.6. The molecule has 6 rings (SSSR count). The first-order valence-electron chi connectivity index (χ1n) is 9.41. The van der Waals surface area contributed by atoms with E-state index in [0.717, 1.165) is 0 Å². The Kier molecular flexibility index (Phi) is 4.89. The molecule has 6 saturated heterocycles. The number of hydrogen-bond donors (Lipinski definition) is 3. The molecule has 29 heavy (non-hydrogen) atoms. The van der Waals surface area contributed by atoms with Gasteiger partial charge in [0.15, 0.2) is 31.5 Å². The number of ether oxygens (including phenoxy) is 9. The molecule has 6 heterocycles. The van der Waals surface area contributed by atoms with Crippen molar-refractivity contribution in [2.24, 2.45) is 0 Å². The summed E-state index contributed by atoms with van der Waals surface area (Å²) in [5.74, 6) is 0. The summed E-state index contributed by atoms with van der Waals surface area (Å²) in [5.41, 5.74) is 0. The number of methoxy groups -OCH3 is 1. The number of halogens is 1. The molecule has 0 radical (unpaired) electrons. The molecule has 13 heteroatoms. The molecule has 0 bridgehead atoms. The van der Waals surface area contributed by atoms with Crippen LogP contribution in [0.1, 0.15) is 0 Å². The van der Waals surface area contributed by atoms with E-state index in [9.17, 15) is 15.3 Å². The van der Waals surface area contributed by atoms with E-state index >= 15 is 0 Å². The van der Waals surface area contributed by atoms with Gasteiger partial charge >= 0.3 is 0 Å². The van der Waals surface area contributed by atoms with Gasteiger partial charge in [-0.1, -0.05) is 0 Å². The van der Waals surface area contributed by atoms with Crippen molar-refractivity contribution in [3.63, 3.8) is 0 Å². The predicted octanol–water partition coefficient (Wildman–Crippen LogP) is -2.47. The van der Waals surface area contributed by atoms with Crippen LogP contribution in [0.3, 0.4) is 0 Å². The van der Waals surface area contributed by atoms with Gasteiger partial charge in [0.25, 0.3) is 0 Å². The Bertz CT molecular complexity index is 655. The minimum atomic E-state index is -1.08. The Morgan fingerprint density at radius 1 is 0.621 bits per heavy atom. The van der Waals surface area contributed by atoms with Crippen LogP contribution in [0.4, 0.5) is 0 Å². The van der Waals surface area contributed by atoms with Crippen molar-refractivity contribution in [2.75, 3.05) is 7.11 Å². The summed E-state index contributed by atoms with van der Waals surface area (Å²) in [6, 6.07) is 0. The molecule has 0 aromatic heterocycles. The van der Waals surface area contributed by atoms with Gasteiger partial charge in [0.2, 0.25) is 0 Å². The number of fused-ring (bicyclic) bond motifs is 3. The van der Waals surface area contributed by atoms with Crippen molar-refractivity contribution >= 4 is 22.6 Å². The largest absolute Gasteiger partial charge is 0.387 e. The van der Waals surface area contributed by atoms with Crippen LogP contribution in [0.5, 0.6) is 0 Å². The van der Waals surface area contributed by atoms with Crippen LogP contribution in [0.15, 0.2) is 0 Å². The Hall–Kier alpha value is 0.250. The van der Waals surface area contributed by atoms with E-state index in [1.807, 2.05) is 22.6 Å². The van der Waals surface area contributed by atoms with Crippen LogP contribution in [-0.2, 0) is 42.6 Å². The second kappa shape index (κ2) is 7.13. The fourth-order valence-corrected chi connectivity index (χ4v) is 4.99. The Morgan fingerprint density at radius 3 is 1.66 bits per heavy atom. The second-order valence-electron chi connectivity index (χ2n) is 7.78. The number of hydrogen-bond acceptors (Lipinski definition) is 12. The predicted molar refractivity (Wildman–Crippen MR) is 93.2 cm³/mol. The van der Waals surface area contributed by atoms with Gasteiger partial charge in [-0.15, -0.1) is 0 Å². The molecule has 6 fully saturated rings. The standard InChI is InChI=1S/C16H21IO12/c1-21-6-3(19)8-15(25-8)28-12(6)23-9-4(20)10-16(26-10)29-14(9)22-5-2(18)7-13(24-7)27-11(5)17/h2-16,18-20H,1H3. The van der Waals surface area contributed by atoms with Crippen LogP contribution >= 0.6 is 22.6 Å². The van der Waals surface area contributed by atoms with E-state index < -0.39 is 90.5 Å². The summed E-state index contributed by atoms with van der Waals surface area (Å²) in [7, 11) is 1.42. The molecule has 0 saturated carbocycles. The van der Waals surface area contributed by atoms with Crippen molar-refractivity contribution in [3.8, 4) is 0 Å². The van der Waals surface area contributed by atoms with Crippen LogP contribution in [0.2, 0.25) is 0 Å². The van der Waals surface area contributed by atoms with E-state index in [1.165, 1.54) is 7.11 Å². The van der Waals surface area contributed by atoms with Gasteiger partial charge in [-0.2, -0.15) is 0 Å². The topological polar surface area (TPSA) is 154 Å². The van der Waals surface area contributed by atoms with Gasteiger partial charge in [-0.3, -0.25) is 0 Å². The summed E-state index contributed by atoms with van der Waals surface area (Å²) in [4.78, 5) is 0. The lowest BCUT2D eigenvalue weighted by atomic mass is 10.0. The molecule has 6 aliphatic rings. The molecule has 164 valence electrons. The molecule has 6 aliphatic heterocycles. The highest BCUT2D eigenvalue weighted by atomic mass is 127. The molecule has 12 nitrogen and oxygen atoms in total. The molecule has 0 amide bonds. The average Bonchev–Trinajstić information content (AvgIpc) is 3.54. The lowest BCUT2D eigenvalue weighted by Crippen LogP contribution is -2.59. The summed E-state index contributed by atoms with van der Waals surface area (Å²) >= 11 is 2.00. The minimum absolute atomic E-state index is 0.432. The van der Waals surface area contributed by atoms with E-state index in [2.05, 4.69) is 0 Å². The number of aliphatic hydroxyl groups is 3. The zero-order chi connectivity index (χ0) is 20.0. The summed E-state index contributed by atoms with van der Waals surface area (Å²) < 4.78 is 49.5. The molecule has 15 unspecified atom stereocenters. The smallest absolute Gasteiger partial charge is 0.190 e. The van der Waals surface area contributed by atoms with Gasteiger partial charge in [0, 0.05) is 7.11 Å². The van der Waals surface area contributed by atoms with Gasteiger partial charge < -0.3 is 58.0 Å². The van der Waals surface area contributed by atoms with E-state index in [-0.39, 0.29) is 0 Å². The third kappa shape index (κ3) is 3.35. The van der Waals surface area contributed by atoms with Crippen molar-refractivity contribution in [1.82, 2.24) is 0 Å². The molecular formula is C16H21IO12. The van der Waals surface area contributed by atoms with Gasteiger partial charge in [-0.05, 0) is 22.6 Å². The highest BCUT2D eigenvalue weighted by Gasteiger charge is 2.63. The lowest BCUT2D eigenvalue weighted by Gasteiger charge is -2.40. The SMILES string of the molecule is COC1C(OC2C(OC3C(I)OC4OC4C3O)OC3OC3C2O)OC2OC2C1O. The Balaban J connectivity index is 1.19. The number of rotatable bonds is 5. The molecule has 3 N–H and O–H groups in total. The van der Waals surface area contributed by atoms with Crippen molar-refractivity contribution in [3.05, 3.63) is 0 Å². The van der Waals surface area contributed by atoms with E-state index in [4.69, 9.17) is 42.6 Å². The summed E-state index contributed by atoms with van der Waals surface area (Å²) in [6.07, 6.45) is -10.8. The van der Waals surface area contributed by atoms with Crippen LogP contribution in [0, 0.1) is 0 Å². The third-order valence-electron chi connectivity index (χ3n) is 5.92. The fraction of sp³-hybridized carbons (Fsp3) is 1.00. The first kappa shape index (κ1) is 19.9. The lowest BCUT2D eigenvalue weighted by molar-refractivity contribution is -0.337. The zero-order valence-electron chi connectivity index (χ0n) is 15.1. The second-order valence-corrected chi connectivity index (χ2v) is 9.00. The maximum absolute atomic E-state index is 10.7. The highest BCUT2D eigenvalue weighted by molar-refractivity contribution is 14.1. The van der Waals surface area contributed by atoms with Crippen LogP contribution in [0.25, 0.3) is 0 Å². The van der Waals surface area contributed by atoms with Crippen LogP contribution in [-0.4, -0.2) is 113 Å². The highest BCUT2D eigenvalue weighted by Crippen LogP contribution is 2.44. The van der Waals surface area contributed by atoms with Crippen molar-refractivity contribution < 1.29 is 58.0 Å². The molecular weight excluding hydrogens is 511 g/mol.